The summed E-state index contributed by atoms with van der Waals surface area (Å²) in [4.78, 5) is 57.3. The molecule has 12 heteroatoms. The van der Waals surface area contributed by atoms with Crippen LogP contribution in [0.1, 0.15) is 27.7 Å². The van der Waals surface area contributed by atoms with Gasteiger partial charge in [-0.15, -0.1) is 0 Å². The maximum atomic E-state index is 11.8. The molecule has 5 atom stereocenters. The van der Waals surface area contributed by atoms with Gasteiger partial charge in [-0.25, -0.2) is 0 Å². The van der Waals surface area contributed by atoms with Crippen molar-refractivity contribution in [3.05, 3.63) is 0 Å². The lowest BCUT2D eigenvalue weighted by atomic mass is 9.91. The van der Waals surface area contributed by atoms with Crippen LogP contribution in [0.5, 0.6) is 0 Å². The molecular weight excluding hydrogens is 370 g/mol. The van der Waals surface area contributed by atoms with Gasteiger partial charge in [-0.1, -0.05) is 0 Å². The lowest BCUT2D eigenvalue weighted by molar-refractivity contribution is -0.334. The van der Waals surface area contributed by atoms with Gasteiger partial charge in [-0.2, -0.15) is 0 Å². The lowest BCUT2D eigenvalue weighted by Gasteiger charge is -2.46. The SMILES string of the molecule is CC(=O)OC[C@H]1O[C@@](O)(C(N)=O)[C@H](OC(C)=O)[C@@H](OC(C)=O)[C@H]1OC(C)=O. The van der Waals surface area contributed by atoms with Gasteiger partial charge in [-0.3, -0.25) is 24.0 Å². The highest BCUT2D eigenvalue weighted by Gasteiger charge is 2.62. The maximum absolute atomic E-state index is 11.8. The summed E-state index contributed by atoms with van der Waals surface area (Å²) in [5.41, 5.74) is 5.16. The number of rotatable bonds is 6. The molecular formula is C15H21NO11. The van der Waals surface area contributed by atoms with Crippen LogP contribution in [0.3, 0.4) is 0 Å². The Morgan fingerprint density at radius 2 is 1.37 bits per heavy atom. The molecule has 1 fully saturated rings. The minimum atomic E-state index is -2.95. The number of esters is 4. The van der Waals surface area contributed by atoms with E-state index < -0.39 is 66.6 Å². The molecule has 1 amide bonds. The molecule has 1 saturated heterocycles. The fourth-order valence-electron chi connectivity index (χ4n) is 2.48. The molecule has 0 saturated carbocycles. The largest absolute Gasteiger partial charge is 0.463 e. The van der Waals surface area contributed by atoms with Crippen LogP contribution >= 0.6 is 0 Å². The van der Waals surface area contributed by atoms with Crippen molar-refractivity contribution in [1.82, 2.24) is 0 Å². The number of nitrogens with two attached hydrogens (primary N) is 1. The molecule has 0 aromatic carbocycles. The predicted octanol–water partition coefficient (Wildman–Crippen LogP) is -2.08. The first-order valence-corrected chi connectivity index (χ1v) is 7.73. The van der Waals surface area contributed by atoms with E-state index in [1.165, 1.54) is 0 Å². The molecule has 12 nitrogen and oxygen atoms in total. The highest BCUT2D eigenvalue weighted by Crippen LogP contribution is 2.34. The quantitative estimate of drug-likeness (QED) is 0.375. The average molecular weight is 391 g/mol. The van der Waals surface area contributed by atoms with E-state index in [1.807, 2.05) is 0 Å². The van der Waals surface area contributed by atoms with E-state index >= 15 is 0 Å². The third kappa shape index (κ3) is 5.62. The molecule has 0 aromatic heterocycles. The molecule has 0 aliphatic carbocycles. The first-order chi connectivity index (χ1) is 12.4. The number of hydrogen-bond donors (Lipinski definition) is 2. The van der Waals surface area contributed by atoms with E-state index in [2.05, 4.69) is 0 Å². The molecule has 3 N–H and O–H groups in total. The Morgan fingerprint density at radius 3 is 1.78 bits per heavy atom. The second kappa shape index (κ2) is 8.77. The molecule has 1 aliphatic heterocycles. The number of carbonyl (C=O) groups excluding carboxylic acids is 5. The number of carbonyl (C=O) groups is 5. The summed E-state index contributed by atoms with van der Waals surface area (Å²) in [7, 11) is 0. The molecule has 0 spiro atoms. The van der Waals surface area contributed by atoms with Crippen LogP contribution in [-0.4, -0.2) is 71.7 Å². The summed E-state index contributed by atoms with van der Waals surface area (Å²) >= 11 is 0. The maximum Gasteiger partial charge on any atom is 0.303 e. The van der Waals surface area contributed by atoms with Crippen LogP contribution in [-0.2, 0) is 47.7 Å². The van der Waals surface area contributed by atoms with Gasteiger partial charge in [0.25, 0.3) is 11.7 Å². The first kappa shape index (κ1) is 22.3. The van der Waals surface area contributed by atoms with Crippen LogP contribution < -0.4 is 5.73 Å². The third-order valence-electron chi connectivity index (χ3n) is 3.41. The van der Waals surface area contributed by atoms with Crippen molar-refractivity contribution in [3.8, 4) is 0 Å². The summed E-state index contributed by atoms with van der Waals surface area (Å²) in [6.45, 7) is 3.47. The number of ether oxygens (including phenoxy) is 5. The van der Waals surface area contributed by atoms with Gasteiger partial charge in [-0.05, 0) is 0 Å². The van der Waals surface area contributed by atoms with Crippen molar-refractivity contribution in [2.45, 2.75) is 57.9 Å². The molecule has 1 aliphatic rings. The van der Waals surface area contributed by atoms with Crippen LogP contribution in [0, 0.1) is 0 Å². The van der Waals surface area contributed by atoms with Crippen molar-refractivity contribution in [2.24, 2.45) is 5.73 Å². The molecule has 1 rings (SSSR count). The second-order valence-electron chi connectivity index (χ2n) is 5.70. The fraction of sp³-hybridized carbons (Fsp3) is 0.667. The fourth-order valence-corrected chi connectivity index (χ4v) is 2.48. The standard InChI is InChI=1S/C15H21NO11/c1-6(17)23-5-10-11(24-7(2)18)12(25-8(3)19)13(26-9(4)20)15(22,27-10)14(16)21/h10-13,22H,5H2,1-4H3,(H2,16,21)/t10-,11+,12+,13-,15-/m1/s1. The third-order valence-corrected chi connectivity index (χ3v) is 3.41. The zero-order valence-electron chi connectivity index (χ0n) is 15.1. The summed E-state index contributed by atoms with van der Waals surface area (Å²) in [6, 6.07) is 0. The molecule has 152 valence electrons. The molecule has 27 heavy (non-hydrogen) atoms. The lowest BCUT2D eigenvalue weighted by Crippen LogP contribution is -2.71. The highest BCUT2D eigenvalue weighted by atomic mass is 16.7. The molecule has 0 radical (unpaired) electrons. The highest BCUT2D eigenvalue weighted by molar-refractivity contribution is 5.83. The van der Waals surface area contributed by atoms with Crippen molar-refractivity contribution >= 4 is 29.8 Å². The zero-order valence-corrected chi connectivity index (χ0v) is 15.1. The van der Waals surface area contributed by atoms with Gasteiger partial charge in [0, 0.05) is 27.7 Å². The molecule has 0 aromatic rings. The summed E-state index contributed by atoms with van der Waals surface area (Å²) in [6.07, 6.45) is -6.59. The Balaban J connectivity index is 3.43. The monoisotopic (exact) mass is 391 g/mol. The predicted molar refractivity (Wildman–Crippen MR) is 82.3 cm³/mol. The van der Waals surface area contributed by atoms with Crippen LogP contribution in [0.4, 0.5) is 0 Å². The number of amides is 1. The minimum absolute atomic E-state index is 0.590. The van der Waals surface area contributed by atoms with E-state index in [4.69, 9.17) is 29.4 Å². The van der Waals surface area contributed by atoms with E-state index in [9.17, 15) is 29.1 Å². The van der Waals surface area contributed by atoms with Crippen LogP contribution in [0.2, 0.25) is 0 Å². The van der Waals surface area contributed by atoms with Crippen LogP contribution in [0.15, 0.2) is 0 Å². The first-order valence-electron chi connectivity index (χ1n) is 7.73. The molecule has 1 heterocycles. The number of hydrogen-bond acceptors (Lipinski definition) is 11. The van der Waals surface area contributed by atoms with Gasteiger partial charge in [0.15, 0.2) is 12.2 Å². The van der Waals surface area contributed by atoms with Gasteiger partial charge >= 0.3 is 23.9 Å². The second-order valence-corrected chi connectivity index (χ2v) is 5.70. The Labute approximate surface area is 153 Å². The van der Waals surface area contributed by atoms with Crippen molar-refractivity contribution in [3.63, 3.8) is 0 Å². The number of primary amides is 1. The number of aliphatic hydroxyl groups is 1. The summed E-state index contributed by atoms with van der Waals surface area (Å²) < 4.78 is 24.9. The summed E-state index contributed by atoms with van der Waals surface area (Å²) in [5, 5.41) is 10.6. The van der Waals surface area contributed by atoms with E-state index in [-0.39, 0.29) is 0 Å². The average Bonchev–Trinajstić information content (AvgIpc) is 2.50. The van der Waals surface area contributed by atoms with E-state index in [0.29, 0.717) is 0 Å². The van der Waals surface area contributed by atoms with Gasteiger partial charge in [0.1, 0.15) is 12.7 Å². The zero-order chi connectivity index (χ0) is 20.9. The van der Waals surface area contributed by atoms with E-state index in [0.717, 1.165) is 27.7 Å². The Bertz CT molecular complexity index is 633. The van der Waals surface area contributed by atoms with Crippen molar-refractivity contribution in [2.75, 3.05) is 6.61 Å². The minimum Gasteiger partial charge on any atom is -0.463 e. The summed E-state index contributed by atoms with van der Waals surface area (Å²) in [5.74, 6) is -7.89. The Hall–Kier alpha value is -2.73. The van der Waals surface area contributed by atoms with E-state index in [1.54, 1.807) is 0 Å². The van der Waals surface area contributed by atoms with Crippen molar-refractivity contribution < 1.29 is 52.8 Å². The van der Waals surface area contributed by atoms with Gasteiger partial charge in [0.05, 0.1) is 0 Å². The van der Waals surface area contributed by atoms with Gasteiger partial charge < -0.3 is 34.5 Å². The smallest absolute Gasteiger partial charge is 0.303 e. The Kier molecular flexibility index (Phi) is 7.25. The molecule has 0 bridgehead atoms. The topological polar surface area (TPSA) is 178 Å². The van der Waals surface area contributed by atoms with Crippen LogP contribution in [0.25, 0.3) is 0 Å². The normalized spacial score (nSPS) is 30.0. The van der Waals surface area contributed by atoms with Crippen molar-refractivity contribution in [1.29, 1.82) is 0 Å². The molecule has 0 unspecified atom stereocenters. The van der Waals surface area contributed by atoms with Gasteiger partial charge in [0.2, 0.25) is 6.10 Å². The Morgan fingerprint density at radius 1 is 0.889 bits per heavy atom.